The standard InChI is InChI=1S/C15H17N5O3/c21-14(18-5-3-11-2-1-4-16-6-11)13-9-23-15(22)20(13)8-12-7-17-10-19-12/h1-2,4,6-7,10,13H,3,5,8-9H2,(H,17,19)(H,18,21)/t13-/m0/s1. The van der Waals surface area contributed by atoms with Gasteiger partial charge in [-0.25, -0.2) is 9.78 Å². The Morgan fingerprint density at radius 3 is 3.09 bits per heavy atom. The van der Waals surface area contributed by atoms with E-state index in [9.17, 15) is 9.59 Å². The zero-order chi connectivity index (χ0) is 16.1. The van der Waals surface area contributed by atoms with Crippen molar-refractivity contribution < 1.29 is 14.3 Å². The van der Waals surface area contributed by atoms with Gasteiger partial charge in [0.1, 0.15) is 12.6 Å². The van der Waals surface area contributed by atoms with Gasteiger partial charge in [-0.05, 0) is 18.1 Å². The summed E-state index contributed by atoms with van der Waals surface area (Å²) >= 11 is 0. The number of nitrogens with zero attached hydrogens (tertiary/aromatic N) is 3. The van der Waals surface area contributed by atoms with Gasteiger partial charge in [0, 0.05) is 25.1 Å². The summed E-state index contributed by atoms with van der Waals surface area (Å²) in [6, 6.07) is 3.18. The second-order valence-corrected chi connectivity index (χ2v) is 5.20. The number of nitrogens with one attached hydrogen (secondary N) is 2. The molecule has 0 bridgehead atoms. The van der Waals surface area contributed by atoms with Gasteiger partial charge in [-0.1, -0.05) is 6.07 Å². The van der Waals surface area contributed by atoms with Crippen LogP contribution in [0.4, 0.5) is 4.79 Å². The molecule has 0 aliphatic carbocycles. The molecule has 3 heterocycles. The maximum absolute atomic E-state index is 12.3. The molecule has 2 N–H and O–H groups in total. The van der Waals surface area contributed by atoms with Crippen molar-refractivity contribution in [3.8, 4) is 0 Å². The molecule has 2 aromatic rings. The number of amides is 2. The van der Waals surface area contributed by atoms with E-state index in [1.54, 1.807) is 18.6 Å². The van der Waals surface area contributed by atoms with Gasteiger partial charge in [0.2, 0.25) is 5.91 Å². The average molecular weight is 315 g/mol. The first kappa shape index (κ1) is 15.0. The lowest BCUT2D eigenvalue weighted by atomic mass is 10.2. The molecule has 8 nitrogen and oxygen atoms in total. The summed E-state index contributed by atoms with van der Waals surface area (Å²) in [6.45, 7) is 0.804. The fourth-order valence-corrected chi connectivity index (χ4v) is 2.39. The van der Waals surface area contributed by atoms with Crippen molar-refractivity contribution in [3.05, 3.63) is 48.3 Å². The highest BCUT2D eigenvalue weighted by Crippen LogP contribution is 2.15. The minimum absolute atomic E-state index is 0.0612. The van der Waals surface area contributed by atoms with Crippen LogP contribution in [0.2, 0.25) is 0 Å². The lowest BCUT2D eigenvalue weighted by Gasteiger charge is -2.20. The van der Waals surface area contributed by atoms with Crippen LogP contribution in [0.15, 0.2) is 37.1 Å². The maximum Gasteiger partial charge on any atom is 0.411 e. The Bertz CT molecular complexity index is 659. The number of cyclic esters (lactones) is 1. The summed E-state index contributed by atoms with van der Waals surface area (Å²) in [4.78, 5) is 36.3. The highest BCUT2D eigenvalue weighted by molar-refractivity contribution is 5.87. The molecule has 1 aliphatic heterocycles. The van der Waals surface area contributed by atoms with Crippen molar-refractivity contribution in [2.24, 2.45) is 0 Å². The second-order valence-electron chi connectivity index (χ2n) is 5.20. The molecule has 0 aromatic carbocycles. The first-order valence-electron chi connectivity index (χ1n) is 7.31. The van der Waals surface area contributed by atoms with Crippen molar-refractivity contribution >= 4 is 12.0 Å². The molecule has 120 valence electrons. The summed E-state index contributed by atoms with van der Waals surface area (Å²) in [6.07, 6.45) is 6.80. The van der Waals surface area contributed by atoms with Crippen LogP contribution >= 0.6 is 0 Å². The highest BCUT2D eigenvalue weighted by atomic mass is 16.6. The largest absolute Gasteiger partial charge is 0.447 e. The zero-order valence-corrected chi connectivity index (χ0v) is 12.4. The number of ether oxygens (including phenoxy) is 1. The van der Waals surface area contributed by atoms with Gasteiger partial charge < -0.3 is 15.0 Å². The van der Waals surface area contributed by atoms with Gasteiger partial charge in [0.15, 0.2) is 0 Å². The fraction of sp³-hybridized carbons (Fsp3) is 0.333. The number of aromatic amines is 1. The van der Waals surface area contributed by atoms with E-state index in [4.69, 9.17) is 4.74 Å². The van der Waals surface area contributed by atoms with E-state index in [1.807, 2.05) is 12.1 Å². The number of H-pyrrole nitrogens is 1. The minimum Gasteiger partial charge on any atom is -0.447 e. The molecule has 0 radical (unpaired) electrons. The van der Waals surface area contributed by atoms with Gasteiger partial charge in [-0.2, -0.15) is 0 Å². The molecule has 0 saturated carbocycles. The maximum atomic E-state index is 12.3. The third-order valence-electron chi connectivity index (χ3n) is 3.61. The Balaban J connectivity index is 1.54. The molecule has 3 rings (SSSR count). The molecule has 0 unspecified atom stereocenters. The van der Waals surface area contributed by atoms with Crippen LogP contribution in [0.3, 0.4) is 0 Å². The van der Waals surface area contributed by atoms with Crippen LogP contribution in [0.5, 0.6) is 0 Å². The van der Waals surface area contributed by atoms with Gasteiger partial charge in [0.25, 0.3) is 0 Å². The lowest BCUT2D eigenvalue weighted by Crippen LogP contribution is -2.45. The highest BCUT2D eigenvalue weighted by Gasteiger charge is 2.38. The Kier molecular flexibility index (Phi) is 4.51. The predicted octanol–water partition coefficient (Wildman–Crippen LogP) is 0.484. The van der Waals surface area contributed by atoms with E-state index in [1.165, 1.54) is 11.2 Å². The van der Waals surface area contributed by atoms with Crippen LogP contribution in [0.1, 0.15) is 11.3 Å². The van der Waals surface area contributed by atoms with Crippen molar-refractivity contribution in [3.63, 3.8) is 0 Å². The number of imidazole rings is 1. The molecule has 2 amide bonds. The lowest BCUT2D eigenvalue weighted by molar-refractivity contribution is -0.124. The summed E-state index contributed by atoms with van der Waals surface area (Å²) in [5, 5.41) is 2.84. The Morgan fingerprint density at radius 1 is 1.43 bits per heavy atom. The molecule has 8 heteroatoms. The predicted molar refractivity (Wildman–Crippen MR) is 80.2 cm³/mol. The molecular formula is C15H17N5O3. The molecule has 2 aromatic heterocycles. The molecule has 1 saturated heterocycles. The van der Waals surface area contributed by atoms with Crippen molar-refractivity contribution in [1.82, 2.24) is 25.2 Å². The smallest absolute Gasteiger partial charge is 0.411 e. The average Bonchev–Trinajstić information content (AvgIpc) is 3.20. The third kappa shape index (κ3) is 3.65. The summed E-state index contributed by atoms with van der Waals surface area (Å²) in [7, 11) is 0. The Morgan fingerprint density at radius 2 is 2.35 bits per heavy atom. The second kappa shape index (κ2) is 6.91. The van der Waals surface area contributed by atoms with Gasteiger partial charge in [-0.3, -0.25) is 14.7 Å². The first-order valence-corrected chi connectivity index (χ1v) is 7.31. The molecule has 23 heavy (non-hydrogen) atoms. The summed E-state index contributed by atoms with van der Waals surface area (Å²) < 4.78 is 4.99. The van der Waals surface area contributed by atoms with E-state index in [0.29, 0.717) is 13.0 Å². The normalized spacial score (nSPS) is 17.1. The molecule has 0 spiro atoms. The number of hydrogen-bond donors (Lipinski definition) is 2. The van der Waals surface area contributed by atoms with Crippen molar-refractivity contribution in [2.45, 2.75) is 19.0 Å². The molecule has 1 atom stereocenters. The van der Waals surface area contributed by atoms with Gasteiger partial charge in [-0.15, -0.1) is 0 Å². The Hall–Kier alpha value is -2.90. The van der Waals surface area contributed by atoms with Crippen LogP contribution in [0, 0.1) is 0 Å². The number of carbonyl (C=O) groups excluding carboxylic acids is 2. The SMILES string of the molecule is O=C(NCCc1cccnc1)[C@@H]1COC(=O)N1Cc1cnc[nH]1. The van der Waals surface area contributed by atoms with Crippen LogP contribution in [-0.4, -0.2) is 51.0 Å². The quantitative estimate of drug-likeness (QED) is 0.808. The summed E-state index contributed by atoms with van der Waals surface area (Å²) in [5.74, 6) is -0.223. The molecule has 1 aliphatic rings. The van der Waals surface area contributed by atoms with Gasteiger partial charge in [0.05, 0.1) is 18.6 Å². The molecule has 1 fully saturated rings. The third-order valence-corrected chi connectivity index (χ3v) is 3.61. The number of hydrogen-bond acceptors (Lipinski definition) is 5. The fourth-order valence-electron chi connectivity index (χ4n) is 2.39. The number of aromatic nitrogens is 3. The minimum atomic E-state index is -0.625. The van der Waals surface area contributed by atoms with Crippen LogP contribution < -0.4 is 5.32 Å². The first-order chi connectivity index (χ1) is 11.2. The van der Waals surface area contributed by atoms with E-state index in [2.05, 4.69) is 20.3 Å². The number of carbonyl (C=O) groups is 2. The Labute approximate surface area is 132 Å². The van der Waals surface area contributed by atoms with E-state index in [-0.39, 0.29) is 19.1 Å². The number of pyridine rings is 1. The van der Waals surface area contributed by atoms with Gasteiger partial charge >= 0.3 is 6.09 Å². The topological polar surface area (TPSA) is 100 Å². The monoisotopic (exact) mass is 315 g/mol. The van der Waals surface area contributed by atoms with Crippen molar-refractivity contribution in [2.75, 3.05) is 13.2 Å². The number of rotatable bonds is 6. The van der Waals surface area contributed by atoms with E-state index >= 15 is 0 Å². The van der Waals surface area contributed by atoms with E-state index < -0.39 is 12.1 Å². The zero-order valence-electron chi connectivity index (χ0n) is 12.4. The van der Waals surface area contributed by atoms with E-state index in [0.717, 1.165) is 11.3 Å². The van der Waals surface area contributed by atoms with Crippen LogP contribution in [0.25, 0.3) is 0 Å². The van der Waals surface area contributed by atoms with Crippen molar-refractivity contribution in [1.29, 1.82) is 0 Å². The molecular weight excluding hydrogens is 298 g/mol. The van der Waals surface area contributed by atoms with Crippen LogP contribution in [-0.2, 0) is 22.5 Å². The summed E-state index contributed by atoms with van der Waals surface area (Å²) in [5.41, 5.74) is 1.79.